The topological polar surface area (TPSA) is 59.4 Å². The van der Waals surface area contributed by atoms with Crippen LogP contribution in [0.2, 0.25) is 0 Å². The number of ether oxygens (including phenoxy) is 1. The van der Waals surface area contributed by atoms with Crippen LogP contribution in [0.15, 0.2) is 91.1 Å². The van der Waals surface area contributed by atoms with Gasteiger partial charge in [-0.05, 0) is 110 Å². The second-order valence-electron chi connectivity index (χ2n) is 11.7. The first-order chi connectivity index (χ1) is 20.0. The van der Waals surface area contributed by atoms with Gasteiger partial charge >= 0.3 is 5.97 Å². The van der Waals surface area contributed by atoms with Crippen molar-refractivity contribution in [1.82, 2.24) is 4.98 Å². The molecule has 1 aromatic heterocycles. The number of carbonyl (C=O) groups excluding carboxylic acids is 1. The maximum atomic E-state index is 10.8. The largest absolute Gasteiger partial charge is 0.469 e. The summed E-state index contributed by atoms with van der Waals surface area (Å²) in [4.78, 5) is 15.5. The molecule has 0 aliphatic heterocycles. The van der Waals surface area contributed by atoms with Crippen LogP contribution < -0.4 is 0 Å². The summed E-state index contributed by atoms with van der Waals surface area (Å²) in [7, 11) is 1.43. The molecule has 3 aromatic rings. The average Bonchev–Trinajstić information content (AvgIpc) is 3.74. The van der Waals surface area contributed by atoms with E-state index in [0.717, 1.165) is 71.2 Å². The van der Waals surface area contributed by atoms with Gasteiger partial charge in [0.1, 0.15) is 0 Å². The molecule has 1 N–H and O–H groups in total. The lowest BCUT2D eigenvalue weighted by molar-refractivity contribution is -0.141. The first-order valence-corrected chi connectivity index (χ1v) is 15.2. The molecule has 1 aliphatic rings. The van der Waals surface area contributed by atoms with Gasteiger partial charge in [0.2, 0.25) is 0 Å². The number of esters is 1. The lowest BCUT2D eigenvalue weighted by Gasteiger charge is -2.22. The van der Waals surface area contributed by atoms with E-state index in [1.54, 1.807) is 19.9 Å². The Bertz CT molecular complexity index is 1460. The zero-order valence-electron chi connectivity index (χ0n) is 25.5. The van der Waals surface area contributed by atoms with E-state index >= 15 is 0 Å². The van der Waals surface area contributed by atoms with Crippen molar-refractivity contribution in [2.24, 2.45) is 5.41 Å². The average molecular weight is 584 g/mol. The van der Waals surface area contributed by atoms with E-state index in [2.05, 4.69) is 104 Å². The molecule has 1 aliphatic carbocycles. The number of hydrogen-bond acceptors (Lipinski definition) is 5. The van der Waals surface area contributed by atoms with Crippen LogP contribution in [-0.4, -0.2) is 34.5 Å². The molecule has 0 amide bonds. The molecule has 0 unspecified atom stereocenters. The van der Waals surface area contributed by atoms with Crippen molar-refractivity contribution in [1.29, 1.82) is 0 Å². The second-order valence-corrected chi connectivity index (χ2v) is 12.0. The van der Waals surface area contributed by atoms with Crippen LogP contribution in [0.1, 0.15) is 68.3 Å². The number of allylic oxidation sites excluding steroid dienone is 2. The summed E-state index contributed by atoms with van der Waals surface area (Å²) >= 11 is 4.17. The van der Waals surface area contributed by atoms with E-state index in [9.17, 15) is 9.90 Å². The van der Waals surface area contributed by atoms with Gasteiger partial charge in [0.15, 0.2) is 0 Å². The third-order valence-electron chi connectivity index (χ3n) is 7.67. The van der Waals surface area contributed by atoms with Gasteiger partial charge in [-0.25, -0.2) is 4.98 Å². The lowest BCUT2D eigenvalue weighted by Crippen LogP contribution is -2.22. The van der Waals surface area contributed by atoms with E-state index in [1.807, 2.05) is 6.08 Å². The van der Waals surface area contributed by atoms with E-state index < -0.39 is 5.60 Å². The second kappa shape index (κ2) is 15.2. The molecule has 1 heterocycles. The summed E-state index contributed by atoms with van der Waals surface area (Å²) in [6.45, 7) is 13.5. The van der Waals surface area contributed by atoms with Crippen molar-refractivity contribution >= 4 is 41.7 Å². The van der Waals surface area contributed by atoms with Crippen LogP contribution in [0.25, 0.3) is 23.1 Å². The maximum absolute atomic E-state index is 10.8. The number of methoxy groups -OCH3 is 1. The molecule has 1 fully saturated rings. The maximum Gasteiger partial charge on any atom is 0.306 e. The molecule has 0 spiro atoms. The number of aromatic nitrogens is 1. The number of fused-ring (bicyclic) bond motifs is 1. The predicted octanol–water partition coefficient (Wildman–Crippen LogP) is 8.74. The molecule has 5 heteroatoms. The highest BCUT2D eigenvalue weighted by Gasteiger charge is 2.43. The fourth-order valence-corrected chi connectivity index (χ4v) is 5.35. The summed E-state index contributed by atoms with van der Waals surface area (Å²) in [6, 6.07) is 19.1. The smallest absolute Gasteiger partial charge is 0.306 e. The predicted molar refractivity (Wildman–Crippen MR) is 181 cm³/mol. The number of pyridine rings is 1. The van der Waals surface area contributed by atoms with Crippen molar-refractivity contribution in [2.75, 3.05) is 12.9 Å². The Hall–Kier alpha value is -3.41. The van der Waals surface area contributed by atoms with E-state index in [0.29, 0.717) is 6.42 Å². The highest BCUT2D eigenvalue weighted by molar-refractivity contribution is 7.80. The minimum absolute atomic E-state index is 0.105. The quantitative estimate of drug-likeness (QED) is 0.127. The van der Waals surface area contributed by atoms with Gasteiger partial charge in [-0.1, -0.05) is 73.9 Å². The van der Waals surface area contributed by atoms with Gasteiger partial charge in [-0.3, -0.25) is 4.79 Å². The van der Waals surface area contributed by atoms with Crippen LogP contribution >= 0.6 is 12.6 Å². The fraction of sp³-hybridized carbons (Fsp3) is 0.351. The SMILES string of the molecule is C=C/C(CCCc1cccc(/C=C/c2ccc3ccc(C)cc3n2)c1)=C(\C=C)C(C)(C)O.COC(=O)CC1(CS)CC1. The normalized spacial score (nSPS) is 14.5. The summed E-state index contributed by atoms with van der Waals surface area (Å²) in [5.41, 5.74) is 6.86. The third kappa shape index (κ3) is 9.85. The van der Waals surface area contributed by atoms with E-state index in [4.69, 9.17) is 4.98 Å². The van der Waals surface area contributed by atoms with Crippen molar-refractivity contribution in [3.63, 3.8) is 0 Å². The van der Waals surface area contributed by atoms with Gasteiger partial charge < -0.3 is 9.84 Å². The van der Waals surface area contributed by atoms with Crippen molar-refractivity contribution in [2.45, 2.75) is 64.9 Å². The first kappa shape index (κ1) is 33.1. The third-order valence-corrected chi connectivity index (χ3v) is 8.34. The number of nitrogens with zero attached hydrogens (tertiary/aromatic N) is 1. The summed E-state index contributed by atoms with van der Waals surface area (Å²) in [5, 5.41) is 11.5. The van der Waals surface area contributed by atoms with Crippen molar-refractivity contribution in [3.8, 4) is 0 Å². The molecule has 1 saturated carbocycles. The van der Waals surface area contributed by atoms with Crippen molar-refractivity contribution < 1.29 is 14.6 Å². The number of thiol groups is 1. The van der Waals surface area contributed by atoms with Crippen LogP contribution in [0.5, 0.6) is 0 Å². The molecule has 4 rings (SSSR count). The Kier molecular flexibility index (Phi) is 12.0. The van der Waals surface area contributed by atoms with Gasteiger partial charge in [0.05, 0.1) is 30.3 Å². The van der Waals surface area contributed by atoms with Crippen LogP contribution in [-0.2, 0) is 16.0 Å². The molecule has 0 saturated heterocycles. The van der Waals surface area contributed by atoms with E-state index in [1.165, 1.54) is 18.2 Å². The molecule has 0 radical (unpaired) electrons. The zero-order chi connectivity index (χ0) is 30.8. The Morgan fingerprint density at radius 2 is 1.83 bits per heavy atom. The monoisotopic (exact) mass is 583 g/mol. The number of benzene rings is 2. The van der Waals surface area contributed by atoms with Crippen LogP contribution in [0, 0.1) is 12.3 Å². The molecule has 42 heavy (non-hydrogen) atoms. The minimum Gasteiger partial charge on any atom is -0.469 e. The Labute approximate surface area is 257 Å². The number of rotatable bonds is 12. The molecule has 0 atom stereocenters. The molecular formula is C37H45NO3S. The molecule has 222 valence electrons. The number of hydrogen-bond donors (Lipinski definition) is 2. The van der Waals surface area contributed by atoms with Crippen LogP contribution in [0.3, 0.4) is 0 Å². The minimum atomic E-state index is -0.911. The first-order valence-electron chi connectivity index (χ1n) is 14.6. The Morgan fingerprint density at radius 3 is 2.45 bits per heavy atom. The van der Waals surface area contributed by atoms with Gasteiger partial charge in [0.25, 0.3) is 0 Å². The number of aryl methyl sites for hydroxylation is 2. The van der Waals surface area contributed by atoms with Gasteiger partial charge in [0, 0.05) is 5.39 Å². The Balaban J connectivity index is 0.000000408. The number of aliphatic hydroxyl groups is 1. The fourth-order valence-electron chi connectivity index (χ4n) is 4.92. The van der Waals surface area contributed by atoms with Gasteiger partial charge in [-0.2, -0.15) is 12.6 Å². The highest BCUT2D eigenvalue weighted by Crippen LogP contribution is 2.49. The van der Waals surface area contributed by atoms with E-state index in [-0.39, 0.29) is 11.4 Å². The highest BCUT2D eigenvalue weighted by atomic mass is 32.1. The van der Waals surface area contributed by atoms with Crippen LogP contribution in [0.4, 0.5) is 0 Å². The summed E-state index contributed by atoms with van der Waals surface area (Å²) in [6.07, 6.45) is 13.4. The molecular weight excluding hydrogens is 538 g/mol. The Morgan fingerprint density at radius 1 is 1.10 bits per heavy atom. The number of carbonyl (C=O) groups is 1. The molecule has 0 bridgehead atoms. The summed E-state index contributed by atoms with van der Waals surface area (Å²) < 4.78 is 4.56. The van der Waals surface area contributed by atoms with Crippen molar-refractivity contribution in [3.05, 3.63) is 113 Å². The standard InChI is InChI=1S/C30H33NO.C7H12O2S/c1-6-25(28(7-2)30(4,5)32)13-9-12-23-10-8-11-24(21-23)15-18-27-19-17-26-16-14-22(3)20-29(26)31-27;1-9-6(8)4-7(5-10)2-3-7/h6-8,10-11,14-21,32H,1-2,9,12-13H2,3-5H3;10H,2-5H2,1H3/b18-15+,28-25-;. The summed E-state index contributed by atoms with van der Waals surface area (Å²) in [5.74, 6) is 0.703. The van der Waals surface area contributed by atoms with Gasteiger partial charge in [-0.15, -0.1) is 0 Å². The molecule has 2 aromatic carbocycles. The lowest BCUT2D eigenvalue weighted by atomic mass is 9.90. The zero-order valence-corrected chi connectivity index (χ0v) is 26.4. The molecule has 4 nitrogen and oxygen atoms in total.